The summed E-state index contributed by atoms with van der Waals surface area (Å²) in [6, 6.07) is 6.09. The fourth-order valence-electron chi connectivity index (χ4n) is 1.60. The highest BCUT2D eigenvalue weighted by Gasteiger charge is 2.21. The Kier molecular flexibility index (Phi) is 4.70. The van der Waals surface area contributed by atoms with Crippen LogP contribution in [0.2, 0.25) is 0 Å². The average Bonchev–Trinajstić information content (AvgIpc) is 2.13. The zero-order valence-electron chi connectivity index (χ0n) is 11.9. The van der Waals surface area contributed by atoms with Gasteiger partial charge in [0.1, 0.15) is 5.75 Å². The lowest BCUT2D eigenvalue weighted by Crippen LogP contribution is -2.16. The van der Waals surface area contributed by atoms with E-state index in [0.717, 1.165) is 0 Å². The van der Waals surface area contributed by atoms with E-state index in [0.29, 0.717) is 5.75 Å². The third kappa shape index (κ3) is 4.42. The molecule has 102 valence electrons. The van der Waals surface area contributed by atoms with Crippen LogP contribution in [0.25, 0.3) is 0 Å². The summed E-state index contributed by atoms with van der Waals surface area (Å²) in [6.45, 7) is 12.9. The lowest BCUT2D eigenvalue weighted by atomic mass is 9.80. The number of hydrogen-bond donors (Lipinski definition) is 1. The molecule has 0 saturated heterocycles. The first-order chi connectivity index (χ1) is 8.00. The summed E-state index contributed by atoms with van der Waals surface area (Å²) in [4.78, 5) is 9.20. The fourth-order valence-corrected chi connectivity index (χ4v) is 2.12. The third-order valence-electron chi connectivity index (χ3n) is 2.82. The molecule has 1 rings (SSSR count). The molecule has 0 aliphatic rings. The van der Waals surface area contributed by atoms with Crippen LogP contribution in [0.5, 0.6) is 5.75 Å². The van der Waals surface area contributed by atoms with Crippen LogP contribution in [-0.2, 0) is 10.8 Å². The van der Waals surface area contributed by atoms with Crippen molar-refractivity contribution in [2.24, 2.45) is 0 Å². The molecule has 0 aromatic heterocycles. The summed E-state index contributed by atoms with van der Waals surface area (Å²) < 4.78 is 5.27. The second-order valence-corrected chi connectivity index (χ2v) is 8.07. The molecule has 4 heteroatoms. The Morgan fingerprint density at radius 1 is 0.944 bits per heavy atom. The van der Waals surface area contributed by atoms with E-state index in [4.69, 9.17) is 15.8 Å². The second-order valence-electron chi connectivity index (χ2n) is 6.56. The Bertz CT molecular complexity index is 385. The van der Waals surface area contributed by atoms with Gasteiger partial charge in [-0.15, -0.1) is 0 Å². The predicted octanol–water partition coefficient (Wildman–Crippen LogP) is 5.12. The molecule has 0 aliphatic heterocycles. The van der Waals surface area contributed by atoms with Gasteiger partial charge in [0.2, 0.25) is 0 Å². The molecule has 1 unspecified atom stereocenters. The van der Waals surface area contributed by atoms with Crippen LogP contribution in [0.1, 0.15) is 52.7 Å². The van der Waals surface area contributed by atoms with Gasteiger partial charge in [0.25, 0.3) is 0 Å². The summed E-state index contributed by atoms with van der Waals surface area (Å²) in [5.41, 5.74) is 2.42. The Morgan fingerprint density at radius 3 is 1.61 bits per heavy atom. The SMILES string of the molecule is CC(C)(C)c1cc(OP(O)Cl)cc(C(C)(C)C)c1. The first-order valence-corrected chi connectivity index (χ1v) is 8.11. The van der Waals surface area contributed by atoms with Crippen LogP contribution in [0.3, 0.4) is 0 Å². The zero-order valence-corrected chi connectivity index (χ0v) is 13.6. The maximum absolute atomic E-state index is 9.20. The minimum Gasteiger partial charge on any atom is -0.436 e. The third-order valence-corrected chi connectivity index (χ3v) is 3.39. The number of rotatable bonds is 2. The summed E-state index contributed by atoms with van der Waals surface area (Å²) in [5, 5.41) is 0. The largest absolute Gasteiger partial charge is 0.436 e. The van der Waals surface area contributed by atoms with Gasteiger partial charge in [-0.1, -0.05) is 47.6 Å². The molecule has 1 N–H and O–H groups in total. The van der Waals surface area contributed by atoms with E-state index in [1.807, 2.05) is 12.1 Å². The van der Waals surface area contributed by atoms with Crippen molar-refractivity contribution in [3.05, 3.63) is 29.3 Å². The van der Waals surface area contributed by atoms with E-state index >= 15 is 0 Å². The van der Waals surface area contributed by atoms with Crippen molar-refractivity contribution >= 4 is 19.0 Å². The summed E-state index contributed by atoms with van der Waals surface area (Å²) in [7, 11) is -1.90. The second kappa shape index (κ2) is 5.36. The highest BCUT2D eigenvalue weighted by Crippen LogP contribution is 2.41. The van der Waals surface area contributed by atoms with E-state index in [1.165, 1.54) is 11.1 Å². The van der Waals surface area contributed by atoms with E-state index < -0.39 is 7.73 Å². The van der Waals surface area contributed by atoms with Crippen LogP contribution in [-0.4, -0.2) is 4.89 Å². The van der Waals surface area contributed by atoms with Crippen molar-refractivity contribution in [3.8, 4) is 5.75 Å². The Labute approximate surface area is 116 Å². The first-order valence-electron chi connectivity index (χ1n) is 5.99. The van der Waals surface area contributed by atoms with Gasteiger partial charge in [0, 0.05) is 0 Å². The summed E-state index contributed by atoms with van der Waals surface area (Å²) in [5.74, 6) is 0.635. The van der Waals surface area contributed by atoms with Gasteiger partial charge in [-0.3, -0.25) is 0 Å². The molecule has 0 bridgehead atoms. The maximum Gasteiger partial charge on any atom is 0.335 e. The number of halogens is 1. The Balaban J connectivity index is 3.29. The van der Waals surface area contributed by atoms with Gasteiger partial charge >= 0.3 is 7.73 Å². The molecular weight excluding hydrogens is 267 g/mol. The smallest absolute Gasteiger partial charge is 0.335 e. The van der Waals surface area contributed by atoms with Crippen LogP contribution >= 0.6 is 19.0 Å². The highest BCUT2D eigenvalue weighted by molar-refractivity contribution is 7.75. The van der Waals surface area contributed by atoms with E-state index in [1.54, 1.807) is 0 Å². The molecule has 0 heterocycles. The van der Waals surface area contributed by atoms with Gasteiger partial charge in [0.05, 0.1) is 0 Å². The Morgan fingerprint density at radius 2 is 1.33 bits per heavy atom. The minimum atomic E-state index is -1.90. The molecule has 1 aromatic carbocycles. The molecule has 0 fully saturated rings. The fraction of sp³-hybridized carbons (Fsp3) is 0.571. The zero-order chi connectivity index (χ0) is 14.1. The van der Waals surface area contributed by atoms with Crippen molar-refractivity contribution in [1.29, 1.82) is 0 Å². The molecule has 1 aromatic rings. The normalized spacial score (nSPS) is 14.4. The van der Waals surface area contributed by atoms with Gasteiger partial charge in [-0.05, 0) is 45.3 Å². The van der Waals surface area contributed by atoms with Gasteiger partial charge in [-0.25, -0.2) is 0 Å². The van der Waals surface area contributed by atoms with Crippen LogP contribution in [0, 0.1) is 0 Å². The topological polar surface area (TPSA) is 29.5 Å². The van der Waals surface area contributed by atoms with E-state index in [9.17, 15) is 4.89 Å². The van der Waals surface area contributed by atoms with Crippen LogP contribution in [0.4, 0.5) is 0 Å². The first kappa shape index (κ1) is 15.8. The van der Waals surface area contributed by atoms with E-state index in [2.05, 4.69) is 47.6 Å². The predicted molar refractivity (Wildman–Crippen MR) is 79.5 cm³/mol. The van der Waals surface area contributed by atoms with Crippen molar-refractivity contribution in [2.75, 3.05) is 0 Å². The number of hydrogen-bond acceptors (Lipinski definition) is 2. The minimum absolute atomic E-state index is 0.0316. The van der Waals surface area contributed by atoms with Crippen molar-refractivity contribution in [2.45, 2.75) is 52.4 Å². The van der Waals surface area contributed by atoms with Gasteiger partial charge < -0.3 is 9.42 Å². The molecule has 0 amide bonds. The molecule has 0 saturated carbocycles. The van der Waals surface area contributed by atoms with Crippen LogP contribution in [0.15, 0.2) is 18.2 Å². The highest BCUT2D eigenvalue weighted by atomic mass is 35.7. The van der Waals surface area contributed by atoms with Crippen molar-refractivity contribution < 1.29 is 9.42 Å². The lowest BCUT2D eigenvalue weighted by Gasteiger charge is -2.26. The summed E-state index contributed by atoms with van der Waals surface area (Å²) in [6.07, 6.45) is 0. The molecule has 0 aliphatic carbocycles. The maximum atomic E-state index is 9.20. The van der Waals surface area contributed by atoms with E-state index in [-0.39, 0.29) is 10.8 Å². The molecular formula is C14H22ClO2P. The quantitative estimate of drug-likeness (QED) is 0.766. The molecule has 0 radical (unpaired) electrons. The van der Waals surface area contributed by atoms with Gasteiger partial charge in [0.15, 0.2) is 0 Å². The Hall–Kier alpha value is -0.300. The molecule has 0 spiro atoms. The van der Waals surface area contributed by atoms with Crippen molar-refractivity contribution in [3.63, 3.8) is 0 Å². The monoisotopic (exact) mass is 288 g/mol. The lowest BCUT2D eigenvalue weighted by molar-refractivity contribution is 0.498. The average molecular weight is 289 g/mol. The standard InChI is InChI=1S/C14H22ClO2P/c1-13(2,3)10-7-11(14(4,5)6)9-12(8-10)17-18(15)16/h7-9,16H,1-6H3. The van der Waals surface area contributed by atoms with Gasteiger partial charge in [-0.2, -0.15) is 0 Å². The van der Waals surface area contributed by atoms with Crippen LogP contribution < -0.4 is 4.52 Å². The van der Waals surface area contributed by atoms with Crippen molar-refractivity contribution in [1.82, 2.24) is 0 Å². The molecule has 18 heavy (non-hydrogen) atoms. The number of benzene rings is 1. The molecule has 2 nitrogen and oxygen atoms in total. The summed E-state index contributed by atoms with van der Waals surface area (Å²) >= 11 is 5.54. The molecule has 1 atom stereocenters.